The fraction of sp³-hybridized carbons (Fsp3) is 0.235. The molecule has 0 aliphatic carbocycles. The van der Waals surface area contributed by atoms with E-state index in [4.69, 9.17) is 9.47 Å². The Labute approximate surface area is 119 Å². The lowest BCUT2D eigenvalue weighted by Crippen LogP contribution is -2.08. The molecular weight excluding hydrogens is 252 g/mol. The maximum Gasteiger partial charge on any atom is 0.310 e. The fourth-order valence-electron chi connectivity index (χ4n) is 1.85. The molecule has 0 saturated heterocycles. The molecule has 0 bridgehead atoms. The first-order chi connectivity index (χ1) is 9.69. The Morgan fingerprint density at radius 3 is 2.45 bits per heavy atom. The van der Waals surface area contributed by atoms with Crippen LogP contribution >= 0.6 is 0 Å². The van der Waals surface area contributed by atoms with Crippen LogP contribution in [0.2, 0.25) is 0 Å². The van der Waals surface area contributed by atoms with Crippen molar-refractivity contribution in [1.29, 1.82) is 0 Å². The van der Waals surface area contributed by atoms with E-state index in [1.807, 2.05) is 55.5 Å². The minimum atomic E-state index is -0.243. The molecule has 2 aromatic rings. The predicted molar refractivity (Wildman–Crippen MR) is 78.0 cm³/mol. The summed E-state index contributed by atoms with van der Waals surface area (Å²) in [7, 11) is 0. The summed E-state index contributed by atoms with van der Waals surface area (Å²) in [6.07, 6.45) is 0.218. The SMILES string of the molecule is CCOC(=O)Cc1ccccc1Oc1ccc(C)cc1. The van der Waals surface area contributed by atoms with Crippen molar-refractivity contribution >= 4 is 5.97 Å². The van der Waals surface area contributed by atoms with Crippen LogP contribution in [0.5, 0.6) is 11.5 Å². The summed E-state index contributed by atoms with van der Waals surface area (Å²) in [6.45, 7) is 4.21. The van der Waals surface area contributed by atoms with Crippen molar-refractivity contribution in [3.63, 3.8) is 0 Å². The molecule has 0 spiro atoms. The second kappa shape index (κ2) is 6.75. The van der Waals surface area contributed by atoms with Gasteiger partial charge in [-0.3, -0.25) is 4.79 Å². The van der Waals surface area contributed by atoms with Crippen molar-refractivity contribution in [3.05, 3.63) is 59.7 Å². The maximum atomic E-state index is 11.6. The molecule has 2 aromatic carbocycles. The normalized spacial score (nSPS) is 10.1. The highest BCUT2D eigenvalue weighted by Gasteiger charge is 2.10. The van der Waals surface area contributed by atoms with Gasteiger partial charge < -0.3 is 9.47 Å². The van der Waals surface area contributed by atoms with Gasteiger partial charge in [0.25, 0.3) is 0 Å². The molecule has 0 aliphatic rings. The average Bonchev–Trinajstić information content (AvgIpc) is 2.44. The molecular formula is C17H18O3. The molecule has 0 aliphatic heterocycles. The number of benzene rings is 2. The van der Waals surface area contributed by atoms with Gasteiger partial charge in [-0.2, -0.15) is 0 Å². The van der Waals surface area contributed by atoms with Gasteiger partial charge in [0.1, 0.15) is 11.5 Å². The van der Waals surface area contributed by atoms with E-state index in [0.29, 0.717) is 12.4 Å². The Balaban J connectivity index is 2.15. The Morgan fingerprint density at radius 1 is 1.05 bits per heavy atom. The number of carbonyl (C=O) groups is 1. The molecule has 0 heterocycles. The van der Waals surface area contributed by atoms with Gasteiger partial charge in [0.05, 0.1) is 13.0 Å². The van der Waals surface area contributed by atoms with E-state index in [1.54, 1.807) is 6.92 Å². The molecule has 0 amide bonds. The second-order valence-corrected chi connectivity index (χ2v) is 4.50. The zero-order chi connectivity index (χ0) is 14.4. The van der Waals surface area contributed by atoms with E-state index in [9.17, 15) is 4.79 Å². The largest absolute Gasteiger partial charge is 0.466 e. The van der Waals surface area contributed by atoms with E-state index in [-0.39, 0.29) is 12.4 Å². The Hall–Kier alpha value is -2.29. The molecule has 2 rings (SSSR count). The predicted octanol–water partition coefficient (Wildman–Crippen LogP) is 3.89. The number of hydrogen-bond donors (Lipinski definition) is 0. The molecule has 0 atom stereocenters. The quantitative estimate of drug-likeness (QED) is 0.773. The molecule has 20 heavy (non-hydrogen) atoms. The minimum Gasteiger partial charge on any atom is -0.466 e. The maximum absolute atomic E-state index is 11.6. The first-order valence-corrected chi connectivity index (χ1v) is 6.67. The molecule has 0 unspecified atom stereocenters. The summed E-state index contributed by atoms with van der Waals surface area (Å²) in [5.41, 5.74) is 2.00. The molecule has 0 saturated carbocycles. The number of ether oxygens (including phenoxy) is 2. The summed E-state index contributed by atoms with van der Waals surface area (Å²) >= 11 is 0. The van der Waals surface area contributed by atoms with Crippen LogP contribution in [-0.2, 0) is 16.0 Å². The molecule has 104 valence electrons. The lowest BCUT2D eigenvalue weighted by atomic mass is 10.1. The van der Waals surface area contributed by atoms with Crippen molar-refractivity contribution in [3.8, 4) is 11.5 Å². The van der Waals surface area contributed by atoms with Gasteiger partial charge in [-0.1, -0.05) is 35.9 Å². The standard InChI is InChI=1S/C17H18O3/c1-3-19-17(18)12-14-6-4-5-7-16(14)20-15-10-8-13(2)9-11-15/h4-11H,3,12H2,1-2H3. The third-order valence-electron chi connectivity index (χ3n) is 2.86. The van der Waals surface area contributed by atoms with Gasteiger partial charge >= 0.3 is 5.97 Å². The molecule has 3 nitrogen and oxygen atoms in total. The number of para-hydroxylation sites is 1. The zero-order valence-electron chi connectivity index (χ0n) is 11.8. The van der Waals surface area contributed by atoms with Crippen molar-refractivity contribution in [2.75, 3.05) is 6.61 Å². The minimum absolute atomic E-state index is 0.218. The van der Waals surface area contributed by atoms with Crippen LogP contribution in [0.1, 0.15) is 18.1 Å². The molecule has 0 radical (unpaired) electrons. The highest BCUT2D eigenvalue weighted by atomic mass is 16.5. The lowest BCUT2D eigenvalue weighted by Gasteiger charge is -2.11. The topological polar surface area (TPSA) is 35.5 Å². The number of esters is 1. The van der Waals surface area contributed by atoms with Crippen LogP contribution < -0.4 is 4.74 Å². The van der Waals surface area contributed by atoms with Crippen molar-refractivity contribution in [2.24, 2.45) is 0 Å². The Kier molecular flexibility index (Phi) is 4.77. The number of aryl methyl sites for hydroxylation is 1. The van der Waals surface area contributed by atoms with Gasteiger partial charge in [0, 0.05) is 5.56 Å². The average molecular weight is 270 g/mol. The summed E-state index contributed by atoms with van der Waals surface area (Å²) in [6, 6.07) is 15.3. The van der Waals surface area contributed by atoms with Gasteiger partial charge in [0.2, 0.25) is 0 Å². The Bertz CT molecular complexity index is 573. The van der Waals surface area contributed by atoms with Crippen LogP contribution in [0, 0.1) is 6.92 Å². The summed E-state index contributed by atoms with van der Waals surface area (Å²) < 4.78 is 10.8. The second-order valence-electron chi connectivity index (χ2n) is 4.50. The third kappa shape index (κ3) is 3.85. The van der Waals surface area contributed by atoms with Crippen molar-refractivity contribution in [1.82, 2.24) is 0 Å². The van der Waals surface area contributed by atoms with Crippen LogP contribution in [-0.4, -0.2) is 12.6 Å². The summed E-state index contributed by atoms with van der Waals surface area (Å²) in [5.74, 6) is 1.20. The molecule has 3 heteroatoms. The summed E-state index contributed by atoms with van der Waals surface area (Å²) in [4.78, 5) is 11.6. The number of hydrogen-bond acceptors (Lipinski definition) is 3. The highest BCUT2D eigenvalue weighted by molar-refractivity contribution is 5.73. The van der Waals surface area contributed by atoms with Gasteiger partial charge in [-0.25, -0.2) is 0 Å². The Morgan fingerprint density at radius 2 is 1.75 bits per heavy atom. The molecule has 0 fully saturated rings. The van der Waals surface area contributed by atoms with Crippen LogP contribution in [0.15, 0.2) is 48.5 Å². The van der Waals surface area contributed by atoms with Crippen LogP contribution in [0.4, 0.5) is 0 Å². The van der Waals surface area contributed by atoms with E-state index in [0.717, 1.165) is 11.3 Å². The van der Waals surface area contributed by atoms with Gasteiger partial charge in [-0.05, 0) is 32.0 Å². The third-order valence-corrected chi connectivity index (χ3v) is 2.86. The summed E-state index contributed by atoms with van der Waals surface area (Å²) in [5, 5.41) is 0. The molecule has 0 aromatic heterocycles. The molecule has 0 N–H and O–H groups in total. The zero-order valence-corrected chi connectivity index (χ0v) is 11.8. The van der Waals surface area contributed by atoms with Crippen LogP contribution in [0.3, 0.4) is 0 Å². The first kappa shape index (κ1) is 14.1. The van der Waals surface area contributed by atoms with Gasteiger partial charge in [-0.15, -0.1) is 0 Å². The first-order valence-electron chi connectivity index (χ1n) is 6.67. The fourth-order valence-corrected chi connectivity index (χ4v) is 1.85. The van der Waals surface area contributed by atoms with E-state index in [1.165, 1.54) is 5.56 Å². The highest BCUT2D eigenvalue weighted by Crippen LogP contribution is 2.26. The van der Waals surface area contributed by atoms with E-state index >= 15 is 0 Å². The van der Waals surface area contributed by atoms with E-state index < -0.39 is 0 Å². The number of rotatable bonds is 5. The lowest BCUT2D eigenvalue weighted by molar-refractivity contribution is -0.142. The monoisotopic (exact) mass is 270 g/mol. The van der Waals surface area contributed by atoms with E-state index in [2.05, 4.69) is 0 Å². The number of carbonyl (C=O) groups excluding carboxylic acids is 1. The van der Waals surface area contributed by atoms with Crippen molar-refractivity contribution < 1.29 is 14.3 Å². The van der Waals surface area contributed by atoms with Crippen LogP contribution in [0.25, 0.3) is 0 Å². The van der Waals surface area contributed by atoms with Crippen molar-refractivity contribution in [2.45, 2.75) is 20.3 Å². The smallest absolute Gasteiger partial charge is 0.310 e. The van der Waals surface area contributed by atoms with Gasteiger partial charge in [0.15, 0.2) is 0 Å².